The Morgan fingerprint density at radius 1 is 1.47 bits per heavy atom. The van der Waals surface area contributed by atoms with E-state index < -0.39 is 5.97 Å². The number of ether oxygens (including phenoxy) is 1. The lowest BCUT2D eigenvalue weighted by Gasteiger charge is -2.24. The van der Waals surface area contributed by atoms with Crippen molar-refractivity contribution in [2.75, 3.05) is 13.7 Å². The lowest BCUT2D eigenvalue weighted by Crippen LogP contribution is -2.39. The summed E-state index contributed by atoms with van der Waals surface area (Å²) in [6.07, 6.45) is 2.54. The van der Waals surface area contributed by atoms with Crippen LogP contribution in [0.1, 0.15) is 39.5 Å². The summed E-state index contributed by atoms with van der Waals surface area (Å²) < 4.78 is 5.29. The second kappa shape index (κ2) is 5.12. The minimum absolute atomic E-state index is 0.0150. The van der Waals surface area contributed by atoms with Gasteiger partial charge in [-0.05, 0) is 24.7 Å². The number of hydrogen-bond donors (Lipinski definition) is 1. The van der Waals surface area contributed by atoms with Crippen molar-refractivity contribution in [1.82, 2.24) is 4.90 Å². The average molecular weight is 269 g/mol. The van der Waals surface area contributed by atoms with Gasteiger partial charge in [-0.2, -0.15) is 0 Å². The van der Waals surface area contributed by atoms with Gasteiger partial charge in [0.25, 0.3) is 0 Å². The molecular weight excluding hydrogens is 246 g/mol. The van der Waals surface area contributed by atoms with E-state index in [1.165, 1.54) is 0 Å². The van der Waals surface area contributed by atoms with Crippen LogP contribution in [0.4, 0.5) is 0 Å². The smallest absolute Gasteiger partial charge is 0.305 e. The van der Waals surface area contributed by atoms with Crippen LogP contribution in [-0.2, 0) is 14.3 Å². The Morgan fingerprint density at radius 2 is 2.16 bits per heavy atom. The first-order valence-corrected chi connectivity index (χ1v) is 6.96. The van der Waals surface area contributed by atoms with Crippen LogP contribution in [0.25, 0.3) is 0 Å². The molecule has 0 aromatic carbocycles. The van der Waals surface area contributed by atoms with Crippen molar-refractivity contribution in [1.29, 1.82) is 0 Å². The van der Waals surface area contributed by atoms with Crippen molar-refractivity contribution in [3.63, 3.8) is 0 Å². The summed E-state index contributed by atoms with van der Waals surface area (Å²) in [5.41, 5.74) is 0.121. The number of likely N-dealkylation sites (tertiary alicyclic amines) is 1. The van der Waals surface area contributed by atoms with Crippen LogP contribution >= 0.6 is 0 Å². The third-order valence-electron chi connectivity index (χ3n) is 4.86. The number of carbonyl (C=O) groups is 2. The molecule has 0 radical (unpaired) electrons. The molecule has 0 unspecified atom stereocenters. The maximum absolute atomic E-state index is 12.5. The molecule has 2 rings (SSSR count). The maximum atomic E-state index is 12.5. The molecule has 1 heterocycles. The molecule has 0 spiro atoms. The zero-order chi connectivity index (χ0) is 14.2. The van der Waals surface area contributed by atoms with E-state index in [0.29, 0.717) is 13.0 Å². The predicted octanol–water partition coefficient (Wildman–Crippen LogP) is 1.51. The van der Waals surface area contributed by atoms with Gasteiger partial charge < -0.3 is 14.7 Å². The normalized spacial score (nSPS) is 37.4. The first kappa shape index (κ1) is 14.3. The molecule has 0 bridgehead atoms. The molecule has 0 aromatic heterocycles. The second-order valence-corrected chi connectivity index (χ2v) is 6.10. The van der Waals surface area contributed by atoms with Crippen molar-refractivity contribution >= 4 is 11.9 Å². The van der Waals surface area contributed by atoms with Gasteiger partial charge in [-0.1, -0.05) is 13.8 Å². The van der Waals surface area contributed by atoms with Gasteiger partial charge >= 0.3 is 5.97 Å². The Morgan fingerprint density at radius 3 is 2.63 bits per heavy atom. The molecule has 108 valence electrons. The lowest BCUT2D eigenvalue weighted by molar-refractivity contribution is -0.140. The minimum atomic E-state index is -0.853. The predicted molar refractivity (Wildman–Crippen MR) is 69.7 cm³/mol. The van der Waals surface area contributed by atoms with Gasteiger partial charge in [0.2, 0.25) is 5.91 Å². The number of nitrogens with zero attached hydrogens (tertiary/aromatic N) is 1. The minimum Gasteiger partial charge on any atom is -0.481 e. The summed E-state index contributed by atoms with van der Waals surface area (Å²) in [5.74, 6) is -0.659. The quantitative estimate of drug-likeness (QED) is 0.821. The third-order valence-corrected chi connectivity index (χ3v) is 4.86. The van der Waals surface area contributed by atoms with Gasteiger partial charge in [0, 0.05) is 25.6 Å². The second-order valence-electron chi connectivity index (χ2n) is 6.10. The fraction of sp³-hybridized carbons (Fsp3) is 0.857. The van der Waals surface area contributed by atoms with Gasteiger partial charge in [0.1, 0.15) is 0 Å². The highest BCUT2D eigenvalue weighted by Gasteiger charge is 2.55. The standard InChI is InChI=1S/C14H23NO4/c1-4-14(2)7-11(14)13(18)15-8-10(19-3)5-9(15)6-12(16)17/h9-11H,4-8H2,1-3H3,(H,16,17)/t9-,10+,11-,14-/m1/s1. The van der Waals surface area contributed by atoms with Gasteiger partial charge in [0.05, 0.1) is 12.5 Å². The van der Waals surface area contributed by atoms with Crippen molar-refractivity contribution < 1.29 is 19.4 Å². The lowest BCUT2D eigenvalue weighted by atomic mass is 10.0. The Hall–Kier alpha value is -1.10. The molecule has 5 heteroatoms. The fourth-order valence-electron chi connectivity index (χ4n) is 3.09. The molecule has 2 fully saturated rings. The first-order valence-electron chi connectivity index (χ1n) is 6.96. The highest BCUT2D eigenvalue weighted by Crippen LogP contribution is 2.55. The van der Waals surface area contributed by atoms with Crippen LogP contribution in [-0.4, -0.2) is 47.7 Å². The molecule has 1 amide bonds. The van der Waals surface area contributed by atoms with E-state index in [0.717, 1.165) is 12.8 Å². The number of rotatable bonds is 5. The third kappa shape index (κ3) is 2.76. The maximum Gasteiger partial charge on any atom is 0.305 e. The first-order chi connectivity index (χ1) is 8.91. The van der Waals surface area contributed by atoms with Gasteiger partial charge in [-0.25, -0.2) is 0 Å². The van der Waals surface area contributed by atoms with E-state index in [1.807, 2.05) is 0 Å². The van der Waals surface area contributed by atoms with Crippen LogP contribution in [0.3, 0.4) is 0 Å². The molecule has 1 N–H and O–H groups in total. The summed E-state index contributed by atoms with van der Waals surface area (Å²) in [4.78, 5) is 25.2. The monoisotopic (exact) mass is 269 g/mol. The van der Waals surface area contributed by atoms with Crippen LogP contribution in [0.2, 0.25) is 0 Å². The highest BCUT2D eigenvalue weighted by molar-refractivity contribution is 5.84. The SMILES string of the molecule is CC[C@]1(C)C[C@@H]1C(=O)N1C[C@@H](OC)C[C@@H]1CC(=O)O. The summed E-state index contributed by atoms with van der Waals surface area (Å²) in [6.45, 7) is 4.76. The molecule has 0 aromatic rings. The number of hydrogen-bond acceptors (Lipinski definition) is 3. The zero-order valence-electron chi connectivity index (χ0n) is 11.9. The fourth-order valence-corrected chi connectivity index (χ4v) is 3.09. The molecule has 2 aliphatic rings. The highest BCUT2D eigenvalue weighted by atomic mass is 16.5. The van der Waals surface area contributed by atoms with Gasteiger partial charge in [-0.3, -0.25) is 9.59 Å². The number of carboxylic acid groups (broad SMARTS) is 1. The Kier molecular flexibility index (Phi) is 3.85. The summed E-state index contributed by atoms with van der Waals surface area (Å²) in [6, 6.07) is -0.211. The number of methoxy groups -OCH3 is 1. The molecule has 1 saturated heterocycles. The van der Waals surface area contributed by atoms with Crippen LogP contribution in [0.5, 0.6) is 0 Å². The number of carboxylic acids is 1. The van der Waals surface area contributed by atoms with Crippen molar-refractivity contribution in [3.8, 4) is 0 Å². The van der Waals surface area contributed by atoms with Crippen LogP contribution in [0.15, 0.2) is 0 Å². The molecule has 4 atom stereocenters. The topological polar surface area (TPSA) is 66.8 Å². The average Bonchev–Trinajstić information content (AvgIpc) is 2.89. The van der Waals surface area contributed by atoms with Crippen LogP contribution < -0.4 is 0 Å². The van der Waals surface area contributed by atoms with Gasteiger partial charge in [0.15, 0.2) is 0 Å². The molecule has 19 heavy (non-hydrogen) atoms. The Bertz CT molecular complexity index is 384. The Labute approximate surface area is 113 Å². The summed E-state index contributed by atoms with van der Waals surface area (Å²) in [7, 11) is 1.61. The van der Waals surface area contributed by atoms with Crippen LogP contribution in [0, 0.1) is 11.3 Å². The van der Waals surface area contributed by atoms with Crippen molar-refractivity contribution in [2.45, 2.75) is 51.7 Å². The number of amides is 1. The van der Waals surface area contributed by atoms with Crippen molar-refractivity contribution in [2.24, 2.45) is 11.3 Å². The van der Waals surface area contributed by atoms with E-state index in [1.54, 1.807) is 12.0 Å². The number of carbonyl (C=O) groups excluding carboxylic acids is 1. The summed E-state index contributed by atoms with van der Waals surface area (Å²) >= 11 is 0. The van der Waals surface area contributed by atoms with Gasteiger partial charge in [-0.15, -0.1) is 0 Å². The molecule has 5 nitrogen and oxygen atoms in total. The number of aliphatic carboxylic acids is 1. The van der Waals surface area contributed by atoms with E-state index in [-0.39, 0.29) is 35.8 Å². The molecule has 1 aliphatic heterocycles. The molecule has 1 aliphatic carbocycles. The van der Waals surface area contributed by atoms with Crippen molar-refractivity contribution in [3.05, 3.63) is 0 Å². The Balaban J connectivity index is 2.04. The van der Waals surface area contributed by atoms with E-state index in [9.17, 15) is 9.59 Å². The largest absolute Gasteiger partial charge is 0.481 e. The van der Waals surface area contributed by atoms with E-state index >= 15 is 0 Å². The molecule has 1 saturated carbocycles. The van der Waals surface area contributed by atoms with E-state index in [2.05, 4.69) is 13.8 Å². The summed E-state index contributed by atoms with van der Waals surface area (Å²) in [5, 5.41) is 8.96. The molecular formula is C14H23NO4. The zero-order valence-corrected chi connectivity index (χ0v) is 11.9. The van der Waals surface area contributed by atoms with E-state index in [4.69, 9.17) is 9.84 Å².